The highest BCUT2D eigenvalue weighted by Crippen LogP contribution is 2.38. The van der Waals surface area contributed by atoms with Crippen molar-refractivity contribution in [1.29, 1.82) is 0 Å². The largest absolute Gasteiger partial charge is 0.496 e. The maximum atomic E-state index is 13.3. The Morgan fingerprint density at radius 3 is 2.11 bits per heavy atom. The number of hydrogen-bond donors (Lipinski definition) is 1. The minimum absolute atomic E-state index is 0.0983. The highest BCUT2D eigenvalue weighted by atomic mass is 16.6. The Bertz CT molecular complexity index is 982. The van der Waals surface area contributed by atoms with Crippen molar-refractivity contribution < 1.29 is 23.8 Å². The molecule has 1 N–H and O–H groups in total. The van der Waals surface area contributed by atoms with E-state index in [0.29, 0.717) is 30.4 Å². The molecule has 0 radical (unpaired) electrons. The maximum absolute atomic E-state index is 13.3. The molecule has 0 saturated heterocycles. The highest BCUT2D eigenvalue weighted by molar-refractivity contribution is 5.94. The Hall–Kier alpha value is -3.03. The lowest BCUT2D eigenvalue weighted by molar-refractivity contribution is -0.155. The molecule has 2 aromatic rings. The number of hydrogen-bond acceptors (Lipinski definition) is 6. The van der Waals surface area contributed by atoms with Gasteiger partial charge in [0.1, 0.15) is 17.1 Å². The summed E-state index contributed by atoms with van der Waals surface area (Å²) in [5.41, 5.74) is 1.15. The topological polar surface area (TPSA) is 91.7 Å². The number of nitrogens with one attached hydrogen (secondary N) is 1. The smallest absolute Gasteiger partial charge is 0.308 e. The van der Waals surface area contributed by atoms with Gasteiger partial charge < -0.3 is 19.5 Å². The summed E-state index contributed by atoms with van der Waals surface area (Å²) in [5.74, 6) is 1.17. The average molecular weight is 488 g/mol. The van der Waals surface area contributed by atoms with Crippen LogP contribution < -0.4 is 14.8 Å². The van der Waals surface area contributed by atoms with E-state index < -0.39 is 5.60 Å². The molecular formula is C27H41N3O5. The molecule has 1 aromatic carbocycles. The molecule has 0 aliphatic carbocycles. The van der Waals surface area contributed by atoms with Gasteiger partial charge in [-0.25, -0.2) is 0 Å². The van der Waals surface area contributed by atoms with E-state index in [0.717, 1.165) is 11.3 Å². The van der Waals surface area contributed by atoms with Gasteiger partial charge >= 0.3 is 5.97 Å². The van der Waals surface area contributed by atoms with Crippen LogP contribution in [-0.2, 0) is 16.1 Å². The standard InChI is InChI=1S/C27H41N3O5/c1-17(2)13-19(14-24(31)35-27(5,6)7)28-26(32)20-15-21(30(29-20)16-18(3)4)25-22(33-8)11-10-12-23(25)34-9/h10-12,15,17-19H,13-14,16H2,1-9H3,(H,28,32). The molecule has 1 heterocycles. The van der Waals surface area contributed by atoms with E-state index in [1.807, 2.05) is 43.7 Å². The number of carbonyl (C=O) groups is 2. The van der Waals surface area contributed by atoms with Crippen LogP contribution in [0.4, 0.5) is 0 Å². The molecule has 1 amide bonds. The Kier molecular flexibility index (Phi) is 9.74. The van der Waals surface area contributed by atoms with Gasteiger partial charge in [-0.2, -0.15) is 5.10 Å². The van der Waals surface area contributed by atoms with Crippen molar-refractivity contribution in [3.8, 4) is 22.8 Å². The Morgan fingerprint density at radius 2 is 1.63 bits per heavy atom. The van der Waals surface area contributed by atoms with Crippen LogP contribution in [0.2, 0.25) is 0 Å². The summed E-state index contributed by atoms with van der Waals surface area (Å²) in [6, 6.07) is 6.94. The van der Waals surface area contributed by atoms with Crippen molar-refractivity contribution in [2.24, 2.45) is 11.8 Å². The lowest BCUT2D eigenvalue weighted by Crippen LogP contribution is -2.39. The number of aromatic nitrogens is 2. The molecule has 0 spiro atoms. The maximum Gasteiger partial charge on any atom is 0.308 e. The van der Waals surface area contributed by atoms with Crippen molar-refractivity contribution in [2.75, 3.05) is 14.2 Å². The molecule has 8 nitrogen and oxygen atoms in total. The lowest BCUT2D eigenvalue weighted by atomic mass is 10.0. The number of benzene rings is 1. The molecule has 1 aromatic heterocycles. The molecule has 0 saturated carbocycles. The van der Waals surface area contributed by atoms with Gasteiger partial charge in [0.2, 0.25) is 0 Å². The van der Waals surface area contributed by atoms with Crippen LogP contribution in [0.15, 0.2) is 24.3 Å². The number of nitrogens with zero attached hydrogens (tertiary/aromatic N) is 2. The van der Waals surface area contributed by atoms with E-state index in [4.69, 9.17) is 14.2 Å². The van der Waals surface area contributed by atoms with E-state index >= 15 is 0 Å². The lowest BCUT2D eigenvalue weighted by Gasteiger charge is -2.23. The van der Waals surface area contributed by atoms with Crippen molar-refractivity contribution in [3.63, 3.8) is 0 Å². The second-order valence-corrected chi connectivity index (χ2v) is 10.6. The second-order valence-electron chi connectivity index (χ2n) is 10.6. The number of esters is 1. The first-order chi connectivity index (χ1) is 16.3. The second kappa shape index (κ2) is 12.1. The first-order valence-electron chi connectivity index (χ1n) is 12.2. The van der Waals surface area contributed by atoms with E-state index in [-0.39, 0.29) is 36.0 Å². The molecule has 2 rings (SSSR count). The number of amides is 1. The van der Waals surface area contributed by atoms with Crippen molar-refractivity contribution >= 4 is 11.9 Å². The highest BCUT2D eigenvalue weighted by Gasteiger charge is 2.26. The van der Waals surface area contributed by atoms with Crippen LogP contribution in [0.5, 0.6) is 11.5 Å². The van der Waals surface area contributed by atoms with Crippen molar-refractivity contribution in [3.05, 3.63) is 30.0 Å². The van der Waals surface area contributed by atoms with Gasteiger partial charge in [-0.15, -0.1) is 0 Å². The van der Waals surface area contributed by atoms with Crippen LogP contribution in [-0.4, -0.2) is 47.5 Å². The van der Waals surface area contributed by atoms with E-state index in [2.05, 4.69) is 38.1 Å². The summed E-state index contributed by atoms with van der Waals surface area (Å²) in [7, 11) is 3.20. The molecule has 35 heavy (non-hydrogen) atoms. The van der Waals surface area contributed by atoms with Gasteiger partial charge in [0, 0.05) is 12.6 Å². The molecule has 194 valence electrons. The van der Waals surface area contributed by atoms with Gasteiger partial charge in [0.15, 0.2) is 5.69 Å². The van der Waals surface area contributed by atoms with E-state index in [1.54, 1.807) is 20.3 Å². The fourth-order valence-electron chi connectivity index (χ4n) is 3.92. The van der Waals surface area contributed by atoms with Crippen LogP contribution in [0.25, 0.3) is 11.3 Å². The number of rotatable bonds is 11. The summed E-state index contributed by atoms with van der Waals surface area (Å²) in [4.78, 5) is 25.7. The normalized spacial score (nSPS) is 12.5. The molecule has 1 unspecified atom stereocenters. The summed E-state index contributed by atoms with van der Waals surface area (Å²) in [6.07, 6.45) is 0.742. The molecule has 0 aliphatic heterocycles. The van der Waals surface area contributed by atoms with Gasteiger partial charge in [-0.3, -0.25) is 14.3 Å². The summed E-state index contributed by atoms with van der Waals surface area (Å²) in [6.45, 7) is 14.4. The number of ether oxygens (including phenoxy) is 3. The van der Waals surface area contributed by atoms with Crippen molar-refractivity contribution in [2.45, 2.75) is 79.5 Å². The van der Waals surface area contributed by atoms with E-state index in [9.17, 15) is 9.59 Å². The third-order valence-corrected chi connectivity index (χ3v) is 5.16. The first-order valence-corrected chi connectivity index (χ1v) is 12.2. The monoisotopic (exact) mass is 487 g/mol. The minimum atomic E-state index is -0.582. The summed E-state index contributed by atoms with van der Waals surface area (Å²) in [5, 5.41) is 7.63. The fraction of sp³-hybridized carbons (Fsp3) is 0.593. The van der Waals surface area contributed by atoms with Gasteiger partial charge in [-0.1, -0.05) is 33.8 Å². The van der Waals surface area contributed by atoms with Crippen LogP contribution >= 0.6 is 0 Å². The zero-order chi connectivity index (χ0) is 26.3. The molecule has 8 heteroatoms. The molecular weight excluding hydrogens is 446 g/mol. The number of carbonyl (C=O) groups excluding carboxylic acids is 2. The Morgan fingerprint density at radius 1 is 1.03 bits per heavy atom. The predicted octanol–water partition coefficient (Wildman–Crippen LogP) is 5.10. The predicted molar refractivity (Wildman–Crippen MR) is 137 cm³/mol. The molecule has 1 atom stereocenters. The SMILES string of the molecule is COc1cccc(OC)c1-c1cc(C(=O)NC(CC(=O)OC(C)(C)C)CC(C)C)nn1CC(C)C. The minimum Gasteiger partial charge on any atom is -0.496 e. The summed E-state index contributed by atoms with van der Waals surface area (Å²) >= 11 is 0. The van der Waals surface area contributed by atoms with Gasteiger partial charge in [-0.05, 0) is 57.2 Å². The van der Waals surface area contributed by atoms with Crippen LogP contribution in [0, 0.1) is 11.8 Å². The zero-order valence-electron chi connectivity index (χ0n) is 22.6. The summed E-state index contributed by atoms with van der Waals surface area (Å²) < 4.78 is 18.5. The Labute approximate surface area is 209 Å². The van der Waals surface area contributed by atoms with E-state index in [1.165, 1.54) is 0 Å². The third kappa shape index (κ3) is 8.30. The molecule has 0 aliphatic rings. The third-order valence-electron chi connectivity index (χ3n) is 5.16. The van der Waals surface area contributed by atoms with Gasteiger partial charge in [0.05, 0.1) is 31.9 Å². The average Bonchev–Trinajstić information content (AvgIpc) is 3.13. The van der Waals surface area contributed by atoms with Gasteiger partial charge in [0.25, 0.3) is 5.91 Å². The van der Waals surface area contributed by atoms with Crippen LogP contribution in [0.3, 0.4) is 0 Å². The van der Waals surface area contributed by atoms with Crippen LogP contribution in [0.1, 0.15) is 71.8 Å². The zero-order valence-corrected chi connectivity index (χ0v) is 22.6. The first kappa shape index (κ1) is 28.2. The van der Waals surface area contributed by atoms with Crippen molar-refractivity contribution in [1.82, 2.24) is 15.1 Å². The number of methoxy groups -OCH3 is 2. The molecule has 0 bridgehead atoms. The molecule has 0 fully saturated rings. The Balaban J connectivity index is 2.40. The fourth-order valence-corrected chi connectivity index (χ4v) is 3.92. The quantitative estimate of drug-likeness (QED) is 0.444.